The summed E-state index contributed by atoms with van der Waals surface area (Å²) in [6, 6.07) is 10.4. The molecule has 3 nitrogen and oxygen atoms in total. The molecule has 3 aromatic rings. The van der Waals surface area contributed by atoms with Crippen LogP contribution in [-0.4, -0.2) is 14.5 Å². The van der Waals surface area contributed by atoms with Crippen LogP contribution in [0.25, 0.3) is 16.9 Å². The van der Waals surface area contributed by atoms with E-state index in [9.17, 15) is 0 Å². The summed E-state index contributed by atoms with van der Waals surface area (Å²) in [5.41, 5.74) is 6.20. The fourth-order valence-corrected chi connectivity index (χ4v) is 2.68. The molecule has 0 aliphatic carbocycles. The van der Waals surface area contributed by atoms with Crippen LogP contribution in [0.15, 0.2) is 30.3 Å². The van der Waals surface area contributed by atoms with Crippen molar-refractivity contribution in [3.8, 4) is 5.69 Å². The molecule has 2 heterocycles. The molecule has 21 heavy (non-hydrogen) atoms. The van der Waals surface area contributed by atoms with Gasteiger partial charge in [-0.2, -0.15) is 0 Å². The van der Waals surface area contributed by atoms with E-state index in [0.29, 0.717) is 0 Å². The number of alkyl halides is 1. The molecule has 0 aliphatic heterocycles. The van der Waals surface area contributed by atoms with Crippen molar-refractivity contribution in [2.45, 2.75) is 33.1 Å². The van der Waals surface area contributed by atoms with Gasteiger partial charge in [0.05, 0.1) is 11.1 Å². The third-order valence-electron chi connectivity index (χ3n) is 3.63. The minimum absolute atomic E-state index is 0.181. The number of aromatic nitrogens is 3. The minimum atomic E-state index is -0.181. The molecule has 4 heteroatoms. The number of hydrogen-bond donors (Lipinski definition) is 0. The van der Waals surface area contributed by atoms with Gasteiger partial charge in [0.15, 0.2) is 5.65 Å². The number of imidazole rings is 1. The van der Waals surface area contributed by atoms with Crippen LogP contribution in [0.1, 0.15) is 34.9 Å². The summed E-state index contributed by atoms with van der Waals surface area (Å²) >= 11 is 6.35. The summed E-state index contributed by atoms with van der Waals surface area (Å²) in [5.74, 6) is 0.832. The summed E-state index contributed by atoms with van der Waals surface area (Å²) in [4.78, 5) is 9.34. The second-order valence-electron chi connectivity index (χ2n) is 5.51. The van der Waals surface area contributed by atoms with Crippen molar-refractivity contribution in [2.24, 2.45) is 0 Å². The molecule has 2 aromatic heterocycles. The zero-order chi connectivity index (χ0) is 15.1. The van der Waals surface area contributed by atoms with E-state index >= 15 is 0 Å². The number of benzene rings is 1. The fraction of sp³-hybridized carbons (Fsp3) is 0.294. The second kappa shape index (κ2) is 5.15. The maximum absolute atomic E-state index is 6.35. The Morgan fingerprint density at radius 2 is 1.81 bits per heavy atom. The Kier molecular flexibility index (Phi) is 3.46. The van der Waals surface area contributed by atoms with Crippen molar-refractivity contribution >= 4 is 22.8 Å². The molecule has 108 valence electrons. The van der Waals surface area contributed by atoms with Gasteiger partial charge in [-0.15, -0.1) is 11.6 Å². The van der Waals surface area contributed by atoms with Crippen molar-refractivity contribution in [1.82, 2.24) is 14.5 Å². The lowest BCUT2D eigenvalue weighted by Gasteiger charge is -2.13. The Morgan fingerprint density at radius 3 is 2.52 bits per heavy atom. The Bertz CT molecular complexity index is 818. The summed E-state index contributed by atoms with van der Waals surface area (Å²) in [7, 11) is 0. The topological polar surface area (TPSA) is 30.7 Å². The molecule has 0 saturated carbocycles. The number of rotatable bonds is 2. The van der Waals surface area contributed by atoms with Crippen LogP contribution in [0.3, 0.4) is 0 Å². The molecule has 1 aromatic carbocycles. The zero-order valence-corrected chi connectivity index (χ0v) is 13.4. The highest BCUT2D eigenvalue weighted by Crippen LogP contribution is 2.29. The van der Waals surface area contributed by atoms with Gasteiger partial charge in [0.1, 0.15) is 11.3 Å². The predicted octanol–water partition coefficient (Wildman–Crippen LogP) is 4.65. The lowest BCUT2D eigenvalue weighted by molar-refractivity contribution is 0.871. The van der Waals surface area contributed by atoms with Crippen molar-refractivity contribution in [1.29, 1.82) is 0 Å². The maximum Gasteiger partial charge on any atom is 0.164 e. The van der Waals surface area contributed by atoms with E-state index in [2.05, 4.69) is 46.6 Å². The molecule has 3 rings (SSSR count). The summed E-state index contributed by atoms with van der Waals surface area (Å²) < 4.78 is 2.09. The average molecular weight is 300 g/mol. The van der Waals surface area contributed by atoms with E-state index in [1.54, 1.807) is 0 Å². The van der Waals surface area contributed by atoms with Gasteiger partial charge < -0.3 is 0 Å². The molecule has 0 spiro atoms. The van der Waals surface area contributed by atoms with E-state index < -0.39 is 0 Å². The summed E-state index contributed by atoms with van der Waals surface area (Å²) in [6.45, 7) is 8.12. The van der Waals surface area contributed by atoms with Crippen LogP contribution < -0.4 is 0 Å². The molecule has 0 radical (unpaired) electrons. The number of hydrogen-bond acceptors (Lipinski definition) is 2. The lowest BCUT2D eigenvalue weighted by Crippen LogP contribution is -2.05. The average Bonchev–Trinajstić information content (AvgIpc) is 2.80. The first-order chi connectivity index (χ1) is 9.97. The maximum atomic E-state index is 6.35. The third kappa shape index (κ3) is 2.42. The van der Waals surface area contributed by atoms with Crippen LogP contribution in [0.4, 0.5) is 0 Å². The molecule has 0 fully saturated rings. The summed E-state index contributed by atoms with van der Waals surface area (Å²) in [5, 5.41) is -0.181. The number of halogens is 1. The molecule has 0 bridgehead atoms. The highest BCUT2D eigenvalue weighted by Gasteiger charge is 2.18. The van der Waals surface area contributed by atoms with Gasteiger partial charge in [-0.25, -0.2) is 9.97 Å². The monoisotopic (exact) mass is 299 g/mol. The standard InChI is InChI=1S/C17H18ClN3/c1-10-5-6-11(2)15(9-10)21-16(13(4)18)20-14-8-7-12(3)19-17(14)21/h5-9,13H,1-4H3. The first kappa shape index (κ1) is 14.1. The van der Waals surface area contributed by atoms with Crippen LogP contribution in [0, 0.1) is 20.8 Å². The van der Waals surface area contributed by atoms with Crippen LogP contribution in [-0.2, 0) is 0 Å². The molecular weight excluding hydrogens is 282 g/mol. The van der Waals surface area contributed by atoms with Gasteiger partial charge in [0, 0.05) is 5.69 Å². The second-order valence-corrected chi connectivity index (χ2v) is 6.16. The minimum Gasteiger partial charge on any atom is -0.279 e. The highest BCUT2D eigenvalue weighted by molar-refractivity contribution is 6.20. The third-order valence-corrected chi connectivity index (χ3v) is 3.83. The zero-order valence-electron chi connectivity index (χ0n) is 12.7. The number of fused-ring (bicyclic) bond motifs is 1. The first-order valence-electron chi connectivity index (χ1n) is 7.05. The largest absolute Gasteiger partial charge is 0.279 e. The number of nitrogens with zero attached hydrogens (tertiary/aromatic N) is 3. The molecule has 0 N–H and O–H groups in total. The van der Waals surface area contributed by atoms with Crippen LogP contribution in [0.2, 0.25) is 0 Å². The Morgan fingerprint density at radius 1 is 1.05 bits per heavy atom. The van der Waals surface area contributed by atoms with E-state index in [-0.39, 0.29) is 5.38 Å². The van der Waals surface area contributed by atoms with Crippen molar-refractivity contribution < 1.29 is 0 Å². The quantitative estimate of drug-likeness (QED) is 0.645. The van der Waals surface area contributed by atoms with Crippen molar-refractivity contribution in [3.63, 3.8) is 0 Å². The van der Waals surface area contributed by atoms with E-state index in [4.69, 9.17) is 11.6 Å². The smallest absolute Gasteiger partial charge is 0.164 e. The number of pyridine rings is 1. The molecule has 0 aliphatic rings. The Balaban J connectivity index is 2.41. The molecular formula is C17H18ClN3. The van der Waals surface area contributed by atoms with E-state index in [1.807, 2.05) is 26.0 Å². The van der Waals surface area contributed by atoms with Crippen LogP contribution >= 0.6 is 11.6 Å². The van der Waals surface area contributed by atoms with Gasteiger partial charge >= 0.3 is 0 Å². The van der Waals surface area contributed by atoms with E-state index in [1.165, 1.54) is 11.1 Å². The van der Waals surface area contributed by atoms with Gasteiger partial charge in [-0.3, -0.25) is 4.57 Å². The van der Waals surface area contributed by atoms with Gasteiger partial charge in [-0.05, 0) is 57.0 Å². The SMILES string of the molecule is Cc1ccc(C)c(-n2c(C(C)Cl)nc3ccc(C)nc32)c1. The summed E-state index contributed by atoms with van der Waals surface area (Å²) in [6.07, 6.45) is 0. The van der Waals surface area contributed by atoms with Gasteiger partial charge in [0.25, 0.3) is 0 Å². The highest BCUT2D eigenvalue weighted by atomic mass is 35.5. The van der Waals surface area contributed by atoms with E-state index in [0.717, 1.165) is 28.4 Å². The van der Waals surface area contributed by atoms with Crippen molar-refractivity contribution in [2.75, 3.05) is 0 Å². The van der Waals surface area contributed by atoms with Crippen LogP contribution in [0.5, 0.6) is 0 Å². The molecule has 0 saturated heterocycles. The molecule has 1 atom stereocenters. The lowest BCUT2D eigenvalue weighted by atomic mass is 10.1. The molecule has 1 unspecified atom stereocenters. The predicted molar refractivity (Wildman–Crippen MR) is 87.3 cm³/mol. The van der Waals surface area contributed by atoms with Gasteiger partial charge in [-0.1, -0.05) is 12.1 Å². The fourth-order valence-electron chi connectivity index (χ4n) is 2.53. The molecule has 0 amide bonds. The van der Waals surface area contributed by atoms with Crippen molar-refractivity contribution in [3.05, 3.63) is 53.0 Å². The van der Waals surface area contributed by atoms with Gasteiger partial charge in [0.2, 0.25) is 0 Å². The first-order valence-corrected chi connectivity index (χ1v) is 7.48. The Labute approximate surface area is 129 Å². The normalized spacial score (nSPS) is 12.8. The Hall–Kier alpha value is -1.87. The number of aryl methyl sites for hydroxylation is 3.